The van der Waals surface area contributed by atoms with E-state index in [1.165, 1.54) is 0 Å². The number of carbonyl (C=O) groups excluding carboxylic acids is 1. The summed E-state index contributed by atoms with van der Waals surface area (Å²) in [5.74, 6) is 1.05. The molecule has 80 valence electrons. The van der Waals surface area contributed by atoms with Gasteiger partial charge in [0, 0.05) is 23.9 Å². The summed E-state index contributed by atoms with van der Waals surface area (Å²) in [6, 6.07) is 5.52. The fourth-order valence-electron chi connectivity index (χ4n) is 1.85. The maximum atomic E-state index is 11.1. The molecule has 4 heteroatoms. The molecule has 0 aliphatic carbocycles. The average Bonchev–Trinajstić information content (AvgIpc) is 2.64. The molecular weight excluding hydrogens is 214 g/mol. The van der Waals surface area contributed by atoms with Crippen LogP contribution in [0.25, 0.3) is 0 Å². The van der Waals surface area contributed by atoms with E-state index in [1.54, 1.807) is 13.2 Å². The summed E-state index contributed by atoms with van der Waals surface area (Å²) in [7, 11) is 1.61. The minimum atomic E-state index is 0.0944. The van der Waals surface area contributed by atoms with Crippen LogP contribution in [0.3, 0.4) is 0 Å². The highest BCUT2D eigenvalue weighted by Crippen LogP contribution is 2.32. The van der Waals surface area contributed by atoms with Crippen molar-refractivity contribution in [2.75, 3.05) is 13.7 Å². The molecule has 1 unspecified atom stereocenters. The van der Waals surface area contributed by atoms with E-state index in [9.17, 15) is 4.79 Å². The van der Waals surface area contributed by atoms with E-state index in [2.05, 4.69) is 5.32 Å². The van der Waals surface area contributed by atoms with Crippen molar-refractivity contribution in [1.29, 1.82) is 0 Å². The zero-order chi connectivity index (χ0) is 10.8. The van der Waals surface area contributed by atoms with E-state index in [4.69, 9.17) is 16.3 Å². The van der Waals surface area contributed by atoms with Gasteiger partial charge < -0.3 is 10.1 Å². The molecule has 1 aromatic carbocycles. The Bertz CT molecular complexity index is 392. The standard InChI is InChI=1S/C11H12ClNO2/c1-15-10-5-8(12)2-3-9(10)7-4-11(14)13-6-7/h2-3,5,7H,4,6H2,1H3,(H,13,14). The number of halogens is 1. The molecule has 3 nitrogen and oxygen atoms in total. The first-order valence-electron chi connectivity index (χ1n) is 4.81. The normalized spacial score (nSPS) is 20.1. The molecule has 1 aromatic rings. The first-order valence-corrected chi connectivity index (χ1v) is 5.18. The summed E-state index contributed by atoms with van der Waals surface area (Å²) in [6.07, 6.45) is 0.526. The fourth-order valence-corrected chi connectivity index (χ4v) is 2.01. The smallest absolute Gasteiger partial charge is 0.220 e. The van der Waals surface area contributed by atoms with Crippen molar-refractivity contribution >= 4 is 17.5 Å². The second-order valence-electron chi connectivity index (χ2n) is 3.59. The van der Waals surface area contributed by atoms with E-state index in [0.29, 0.717) is 18.0 Å². The lowest BCUT2D eigenvalue weighted by Crippen LogP contribution is -2.13. The fraction of sp³-hybridized carbons (Fsp3) is 0.364. The molecule has 1 aliphatic rings. The molecule has 2 rings (SSSR count). The van der Waals surface area contributed by atoms with Crippen molar-refractivity contribution in [3.05, 3.63) is 28.8 Å². The minimum Gasteiger partial charge on any atom is -0.496 e. The maximum Gasteiger partial charge on any atom is 0.220 e. The SMILES string of the molecule is COc1cc(Cl)ccc1C1CNC(=O)C1. The predicted molar refractivity (Wildman–Crippen MR) is 58.4 cm³/mol. The molecule has 0 bridgehead atoms. The number of hydrogen-bond donors (Lipinski definition) is 1. The van der Waals surface area contributed by atoms with Gasteiger partial charge in [0.05, 0.1) is 7.11 Å². The average molecular weight is 226 g/mol. The summed E-state index contributed by atoms with van der Waals surface area (Å²) >= 11 is 5.87. The van der Waals surface area contributed by atoms with Crippen molar-refractivity contribution in [1.82, 2.24) is 5.32 Å². The lowest BCUT2D eigenvalue weighted by atomic mass is 9.97. The van der Waals surface area contributed by atoms with Gasteiger partial charge in [-0.15, -0.1) is 0 Å². The molecule has 0 radical (unpaired) electrons. The van der Waals surface area contributed by atoms with Gasteiger partial charge in [0.1, 0.15) is 5.75 Å². The Labute approximate surface area is 93.4 Å². The number of carbonyl (C=O) groups is 1. The molecule has 1 aliphatic heterocycles. The summed E-state index contributed by atoms with van der Waals surface area (Å²) in [6.45, 7) is 0.677. The summed E-state index contributed by atoms with van der Waals surface area (Å²) in [4.78, 5) is 11.1. The van der Waals surface area contributed by atoms with Crippen LogP contribution in [0, 0.1) is 0 Å². The zero-order valence-electron chi connectivity index (χ0n) is 8.42. The Balaban J connectivity index is 2.31. The van der Waals surface area contributed by atoms with Crippen LogP contribution in [0.4, 0.5) is 0 Å². The van der Waals surface area contributed by atoms with E-state index < -0.39 is 0 Å². The lowest BCUT2D eigenvalue weighted by Gasteiger charge is -2.13. The number of nitrogens with one attached hydrogen (secondary N) is 1. The Kier molecular flexibility index (Phi) is 2.82. The largest absolute Gasteiger partial charge is 0.496 e. The van der Waals surface area contributed by atoms with Crippen molar-refractivity contribution in [2.45, 2.75) is 12.3 Å². The van der Waals surface area contributed by atoms with E-state index in [0.717, 1.165) is 11.3 Å². The van der Waals surface area contributed by atoms with Crippen LogP contribution in [0.1, 0.15) is 17.9 Å². The summed E-state index contributed by atoms with van der Waals surface area (Å²) in [5, 5.41) is 3.45. The van der Waals surface area contributed by atoms with Gasteiger partial charge in [-0.3, -0.25) is 4.79 Å². The third-order valence-corrected chi connectivity index (χ3v) is 2.85. The van der Waals surface area contributed by atoms with Gasteiger partial charge in [0.25, 0.3) is 0 Å². The van der Waals surface area contributed by atoms with Crippen LogP contribution in [-0.4, -0.2) is 19.6 Å². The lowest BCUT2D eigenvalue weighted by molar-refractivity contribution is -0.119. The second-order valence-corrected chi connectivity index (χ2v) is 4.03. The van der Waals surface area contributed by atoms with Crippen LogP contribution >= 0.6 is 11.6 Å². The van der Waals surface area contributed by atoms with E-state index >= 15 is 0 Å². The third-order valence-electron chi connectivity index (χ3n) is 2.61. The Morgan fingerprint density at radius 2 is 2.33 bits per heavy atom. The van der Waals surface area contributed by atoms with Gasteiger partial charge >= 0.3 is 0 Å². The van der Waals surface area contributed by atoms with Crippen molar-refractivity contribution < 1.29 is 9.53 Å². The molecule has 1 atom stereocenters. The van der Waals surface area contributed by atoms with Crippen molar-refractivity contribution in [2.24, 2.45) is 0 Å². The predicted octanol–water partition coefficient (Wildman–Crippen LogP) is 1.95. The van der Waals surface area contributed by atoms with Gasteiger partial charge in [0.15, 0.2) is 0 Å². The summed E-state index contributed by atoms with van der Waals surface area (Å²) < 4.78 is 5.25. The quantitative estimate of drug-likeness (QED) is 0.836. The number of amides is 1. The number of hydrogen-bond acceptors (Lipinski definition) is 2. The Morgan fingerprint density at radius 1 is 1.53 bits per heavy atom. The molecular formula is C11H12ClNO2. The van der Waals surface area contributed by atoms with Gasteiger partial charge in [-0.2, -0.15) is 0 Å². The highest BCUT2D eigenvalue weighted by molar-refractivity contribution is 6.30. The topological polar surface area (TPSA) is 38.3 Å². The van der Waals surface area contributed by atoms with Gasteiger partial charge in [-0.05, 0) is 17.7 Å². The van der Waals surface area contributed by atoms with Crippen LogP contribution in [0.5, 0.6) is 5.75 Å². The molecule has 1 saturated heterocycles. The molecule has 1 fully saturated rings. The van der Waals surface area contributed by atoms with Gasteiger partial charge in [0.2, 0.25) is 5.91 Å². The van der Waals surface area contributed by atoms with Crippen molar-refractivity contribution in [3.63, 3.8) is 0 Å². The van der Waals surface area contributed by atoms with Gasteiger partial charge in [-0.25, -0.2) is 0 Å². The highest BCUT2D eigenvalue weighted by atomic mass is 35.5. The highest BCUT2D eigenvalue weighted by Gasteiger charge is 2.25. The monoisotopic (exact) mass is 225 g/mol. The maximum absolute atomic E-state index is 11.1. The molecule has 0 aromatic heterocycles. The minimum absolute atomic E-state index is 0.0944. The van der Waals surface area contributed by atoms with Crippen LogP contribution < -0.4 is 10.1 Å². The van der Waals surface area contributed by atoms with E-state index in [-0.39, 0.29) is 11.8 Å². The Hall–Kier alpha value is -1.22. The molecule has 0 saturated carbocycles. The van der Waals surface area contributed by atoms with Crippen LogP contribution in [0.2, 0.25) is 5.02 Å². The number of benzene rings is 1. The van der Waals surface area contributed by atoms with Crippen LogP contribution in [-0.2, 0) is 4.79 Å². The molecule has 1 amide bonds. The molecule has 0 spiro atoms. The first kappa shape index (κ1) is 10.3. The summed E-state index contributed by atoms with van der Waals surface area (Å²) in [5.41, 5.74) is 1.04. The zero-order valence-corrected chi connectivity index (χ0v) is 9.17. The molecule has 15 heavy (non-hydrogen) atoms. The van der Waals surface area contributed by atoms with Gasteiger partial charge in [-0.1, -0.05) is 17.7 Å². The van der Waals surface area contributed by atoms with E-state index in [1.807, 2.05) is 12.1 Å². The number of rotatable bonds is 2. The first-order chi connectivity index (χ1) is 7.20. The third kappa shape index (κ3) is 2.07. The number of methoxy groups -OCH3 is 1. The molecule has 1 N–H and O–H groups in total. The Morgan fingerprint density at radius 3 is 2.93 bits per heavy atom. The van der Waals surface area contributed by atoms with Crippen molar-refractivity contribution in [3.8, 4) is 5.75 Å². The number of ether oxygens (including phenoxy) is 1. The molecule has 1 heterocycles. The van der Waals surface area contributed by atoms with Crippen LogP contribution in [0.15, 0.2) is 18.2 Å². The second kappa shape index (κ2) is 4.11.